The van der Waals surface area contributed by atoms with Crippen molar-refractivity contribution in [1.29, 1.82) is 0 Å². The Morgan fingerprint density at radius 1 is 1.56 bits per heavy atom. The summed E-state index contributed by atoms with van der Waals surface area (Å²) in [6, 6.07) is 0. The average Bonchev–Trinajstić information content (AvgIpc) is 2.78. The van der Waals surface area contributed by atoms with E-state index in [4.69, 9.17) is 0 Å². The highest BCUT2D eigenvalue weighted by Gasteiger charge is 2.33. The first-order valence-electron chi connectivity index (χ1n) is 4.97. The van der Waals surface area contributed by atoms with Crippen molar-refractivity contribution in [3.8, 4) is 0 Å². The molecule has 1 amide bonds. The van der Waals surface area contributed by atoms with Crippen LogP contribution in [0, 0.1) is 5.92 Å². The molecule has 3 rings (SSSR count). The molecule has 0 aliphatic heterocycles. The Morgan fingerprint density at radius 2 is 2.38 bits per heavy atom. The standard InChI is InChI=1S/C10H9N3O2S/c14-7-3-6(4-7)9(15)12-10-11-5-8-13(10)1-2-16-8/h1-2,5-6H,3-4H2,(H,11,12,15). The molecule has 0 aromatic carbocycles. The van der Waals surface area contributed by atoms with E-state index >= 15 is 0 Å². The molecule has 1 aliphatic rings. The number of aromatic nitrogens is 2. The quantitative estimate of drug-likeness (QED) is 0.853. The van der Waals surface area contributed by atoms with E-state index in [0.29, 0.717) is 18.8 Å². The molecule has 0 saturated heterocycles. The first-order chi connectivity index (χ1) is 7.74. The number of ketones is 1. The van der Waals surface area contributed by atoms with Crippen LogP contribution in [0.2, 0.25) is 0 Å². The van der Waals surface area contributed by atoms with Crippen LogP contribution in [0.5, 0.6) is 0 Å². The minimum absolute atomic E-state index is 0.113. The zero-order valence-electron chi connectivity index (χ0n) is 8.34. The summed E-state index contributed by atoms with van der Waals surface area (Å²) in [5.41, 5.74) is 0. The largest absolute Gasteiger partial charge is 0.300 e. The first kappa shape index (κ1) is 9.53. The van der Waals surface area contributed by atoms with Gasteiger partial charge in [0.15, 0.2) is 0 Å². The van der Waals surface area contributed by atoms with Gasteiger partial charge in [-0.1, -0.05) is 0 Å². The lowest BCUT2D eigenvalue weighted by Gasteiger charge is -2.22. The summed E-state index contributed by atoms with van der Waals surface area (Å²) in [5, 5.41) is 4.67. The zero-order chi connectivity index (χ0) is 11.1. The Kier molecular flexibility index (Phi) is 2.03. The maximum atomic E-state index is 11.7. The third-order valence-electron chi connectivity index (χ3n) is 2.72. The number of fused-ring (bicyclic) bond motifs is 1. The highest BCUT2D eigenvalue weighted by atomic mass is 32.1. The number of anilines is 1. The van der Waals surface area contributed by atoms with E-state index in [-0.39, 0.29) is 17.6 Å². The molecule has 2 heterocycles. The van der Waals surface area contributed by atoms with Crippen LogP contribution in [-0.2, 0) is 9.59 Å². The van der Waals surface area contributed by atoms with Gasteiger partial charge in [0, 0.05) is 24.4 Å². The third kappa shape index (κ3) is 1.42. The van der Waals surface area contributed by atoms with E-state index in [1.54, 1.807) is 17.5 Å². The summed E-state index contributed by atoms with van der Waals surface area (Å²) in [6.07, 6.45) is 4.30. The van der Waals surface area contributed by atoms with Crippen molar-refractivity contribution in [1.82, 2.24) is 9.38 Å². The molecule has 16 heavy (non-hydrogen) atoms. The maximum Gasteiger partial charge on any atom is 0.230 e. The van der Waals surface area contributed by atoms with Gasteiger partial charge in [-0.2, -0.15) is 0 Å². The van der Waals surface area contributed by atoms with Crippen LogP contribution in [0.3, 0.4) is 0 Å². The van der Waals surface area contributed by atoms with Crippen molar-refractivity contribution in [3.63, 3.8) is 0 Å². The van der Waals surface area contributed by atoms with E-state index in [9.17, 15) is 9.59 Å². The van der Waals surface area contributed by atoms with Gasteiger partial charge in [0.2, 0.25) is 11.9 Å². The topological polar surface area (TPSA) is 63.5 Å². The number of carbonyl (C=O) groups is 2. The summed E-state index contributed by atoms with van der Waals surface area (Å²) in [5.74, 6) is 0.404. The van der Waals surface area contributed by atoms with Gasteiger partial charge in [-0.05, 0) is 0 Å². The van der Waals surface area contributed by atoms with Crippen molar-refractivity contribution in [2.45, 2.75) is 12.8 Å². The SMILES string of the molecule is O=C1CC(C(=O)Nc2ncc3sccn23)C1. The van der Waals surface area contributed by atoms with Crippen molar-refractivity contribution >= 4 is 33.8 Å². The van der Waals surface area contributed by atoms with Crippen molar-refractivity contribution in [2.24, 2.45) is 5.92 Å². The number of hydrogen-bond acceptors (Lipinski definition) is 4. The van der Waals surface area contributed by atoms with Crippen LogP contribution >= 0.6 is 11.3 Å². The molecule has 1 aliphatic carbocycles. The van der Waals surface area contributed by atoms with Gasteiger partial charge in [-0.3, -0.25) is 19.3 Å². The van der Waals surface area contributed by atoms with Crippen molar-refractivity contribution in [3.05, 3.63) is 17.8 Å². The second kappa shape index (κ2) is 3.41. The molecular formula is C10H9N3O2S. The number of thiazole rings is 1. The number of rotatable bonds is 2. The summed E-state index contributed by atoms with van der Waals surface area (Å²) in [6.45, 7) is 0. The van der Waals surface area contributed by atoms with Crippen LogP contribution in [-0.4, -0.2) is 21.1 Å². The average molecular weight is 235 g/mol. The van der Waals surface area contributed by atoms with Crippen LogP contribution in [0.4, 0.5) is 5.95 Å². The van der Waals surface area contributed by atoms with Crippen LogP contribution < -0.4 is 5.32 Å². The number of nitrogens with one attached hydrogen (secondary N) is 1. The second-order valence-corrected chi connectivity index (χ2v) is 4.75. The number of Topliss-reactive ketones (excluding diaryl/α,β-unsaturated/α-hetero) is 1. The fourth-order valence-electron chi connectivity index (χ4n) is 1.72. The molecule has 0 atom stereocenters. The maximum absolute atomic E-state index is 11.7. The number of hydrogen-bond donors (Lipinski definition) is 1. The van der Waals surface area contributed by atoms with Crippen LogP contribution in [0.15, 0.2) is 17.8 Å². The van der Waals surface area contributed by atoms with E-state index in [2.05, 4.69) is 10.3 Å². The number of amides is 1. The van der Waals surface area contributed by atoms with Crippen LogP contribution in [0.1, 0.15) is 12.8 Å². The Labute approximate surface area is 95.1 Å². The van der Waals surface area contributed by atoms with Gasteiger partial charge in [0.05, 0.1) is 12.1 Å². The first-order valence-corrected chi connectivity index (χ1v) is 5.85. The lowest BCUT2D eigenvalue weighted by Crippen LogP contribution is -2.34. The molecule has 0 radical (unpaired) electrons. The molecule has 5 nitrogen and oxygen atoms in total. The lowest BCUT2D eigenvalue weighted by atomic mass is 9.83. The summed E-state index contributed by atoms with van der Waals surface area (Å²) in [7, 11) is 0. The molecule has 2 aromatic rings. The molecule has 0 bridgehead atoms. The molecule has 1 saturated carbocycles. The predicted octanol–water partition coefficient (Wildman–Crippen LogP) is 1.31. The minimum atomic E-state index is -0.168. The zero-order valence-corrected chi connectivity index (χ0v) is 9.16. The highest BCUT2D eigenvalue weighted by Crippen LogP contribution is 2.24. The predicted molar refractivity (Wildman–Crippen MR) is 59.4 cm³/mol. The Hall–Kier alpha value is -1.69. The number of imidazole rings is 1. The van der Waals surface area contributed by atoms with E-state index in [1.807, 2.05) is 16.0 Å². The summed E-state index contributed by atoms with van der Waals surface area (Å²) >= 11 is 1.56. The van der Waals surface area contributed by atoms with Crippen LogP contribution in [0.25, 0.3) is 4.83 Å². The molecule has 2 aromatic heterocycles. The van der Waals surface area contributed by atoms with Gasteiger partial charge in [0.1, 0.15) is 10.6 Å². The van der Waals surface area contributed by atoms with Gasteiger partial charge in [0.25, 0.3) is 0 Å². The van der Waals surface area contributed by atoms with Crippen molar-refractivity contribution in [2.75, 3.05) is 5.32 Å². The molecular weight excluding hydrogens is 226 g/mol. The molecule has 0 spiro atoms. The fraction of sp³-hybridized carbons (Fsp3) is 0.300. The number of carbonyl (C=O) groups excluding carboxylic acids is 2. The monoisotopic (exact) mass is 235 g/mol. The van der Waals surface area contributed by atoms with E-state index in [0.717, 1.165) is 4.83 Å². The molecule has 1 N–H and O–H groups in total. The Bertz CT molecular complexity index is 563. The fourth-order valence-corrected chi connectivity index (χ4v) is 2.41. The summed E-state index contributed by atoms with van der Waals surface area (Å²) in [4.78, 5) is 27.6. The van der Waals surface area contributed by atoms with Crippen molar-refractivity contribution < 1.29 is 9.59 Å². The molecule has 6 heteroatoms. The van der Waals surface area contributed by atoms with E-state index in [1.165, 1.54) is 0 Å². The van der Waals surface area contributed by atoms with E-state index < -0.39 is 0 Å². The summed E-state index contributed by atoms with van der Waals surface area (Å²) < 4.78 is 1.82. The molecule has 1 fully saturated rings. The Balaban J connectivity index is 1.77. The smallest absolute Gasteiger partial charge is 0.230 e. The van der Waals surface area contributed by atoms with Gasteiger partial charge in [-0.25, -0.2) is 4.98 Å². The second-order valence-electron chi connectivity index (χ2n) is 3.83. The normalized spacial score (nSPS) is 16.4. The van der Waals surface area contributed by atoms with Gasteiger partial charge in [-0.15, -0.1) is 11.3 Å². The van der Waals surface area contributed by atoms with Gasteiger partial charge < -0.3 is 0 Å². The highest BCUT2D eigenvalue weighted by molar-refractivity contribution is 7.15. The van der Waals surface area contributed by atoms with Gasteiger partial charge >= 0.3 is 0 Å². The minimum Gasteiger partial charge on any atom is -0.300 e. The Morgan fingerprint density at radius 3 is 3.12 bits per heavy atom. The third-order valence-corrected chi connectivity index (χ3v) is 3.52. The number of nitrogens with zero attached hydrogens (tertiary/aromatic N) is 2. The lowest BCUT2D eigenvalue weighted by molar-refractivity contribution is -0.135. The molecule has 82 valence electrons. The molecule has 0 unspecified atom stereocenters.